The number of carbonyl (C=O) groups is 2. The summed E-state index contributed by atoms with van der Waals surface area (Å²) in [5.74, 6) is -3.70. The normalized spacial score (nSPS) is 14.1. The highest BCUT2D eigenvalue weighted by Crippen LogP contribution is 2.47. The van der Waals surface area contributed by atoms with Gasteiger partial charge in [0.15, 0.2) is 0 Å². The van der Waals surface area contributed by atoms with E-state index in [0.717, 1.165) is 16.3 Å². The van der Waals surface area contributed by atoms with Crippen LogP contribution in [0.2, 0.25) is 0 Å². The first-order chi connectivity index (χ1) is 24.1. The summed E-state index contributed by atoms with van der Waals surface area (Å²) in [5.41, 5.74) is -0.891. The number of alkyl halides is 3. The Bertz CT molecular complexity index is 1870. The van der Waals surface area contributed by atoms with Crippen molar-refractivity contribution in [3.8, 4) is 16.9 Å². The standard InChI is InChI=1S/C38H40BrF5N2O5/c1-6-9-10-14-51-30-16-21(4)15-22(5)33(30)25-17-24(23-12-13-23)35(40)34(36(25)41)28(19-32(48)50-8-3)45-37(49)29(11-7-2)46-20-27(39)26(18-31(46)47)38(42,43)44/h6-7,15-18,20,23,28-29H,1-2,8-14,19H2,3-5H3,(H,45,49)/t28-,29-/m0/s1. The van der Waals surface area contributed by atoms with Gasteiger partial charge in [0.1, 0.15) is 23.4 Å². The topological polar surface area (TPSA) is 86.6 Å². The molecule has 1 saturated carbocycles. The van der Waals surface area contributed by atoms with Crippen LogP contribution < -0.4 is 15.6 Å². The fraction of sp³-hybridized carbons (Fsp3) is 0.395. The van der Waals surface area contributed by atoms with Crippen LogP contribution in [0.3, 0.4) is 0 Å². The van der Waals surface area contributed by atoms with E-state index in [1.165, 1.54) is 12.1 Å². The van der Waals surface area contributed by atoms with Gasteiger partial charge in [-0.3, -0.25) is 14.4 Å². The zero-order valence-corrected chi connectivity index (χ0v) is 30.2. The van der Waals surface area contributed by atoms with E-state index in [0.29, 0.717) is 55.2 Å². The number of pyridine rings is 1. The van der Waals surface area contributed by atoms with E-state index in [1.807, 2.05) is 13.0 Å². The Hall–Kier alpha value is -4.26. The summed E-state index contributed by atoms with van der Waals surface area (Å²) in [4.78, 5) is 39.8. The second-order valence-electron chi connectivity index (χ2n) is 12.5. The van der Waals surface area contributed by atoms with E-state index < -0.39 is 69.4 Å². The molecule has 13 heteroatoms. The zero-order valence-electron chi connectivity index (χ0n) is 28.6. The molecule has 1 amide bonds. The van der Waals surface area contributed by atoms with Crippen LogP contribution in [0.1, 0.15) is 91.3 Å². The van der Waals surface area contributed by atoms with Gasteiger partial charge in [0, 0.05) is 33.4 Å². The molecule has 0 aliphatic heterocycles. The Balaban J connectivity index is 1.89. The number of hydrogen-bond acceptors (Lipinski definition) is 5. The van der Waals surface area contributed by atoms with Gasteiger partial charge in [0.25, 0.3) is 5.56 Å². The van der Waals surface area contributed by atoms with Gasteiger partial charge >= 0.3 is 12.1 Å². The van der Waals surface area contributed by atoms with Gasteiger partial charge in [-0.1, -0.05) is 18.2 Å². The lowest BCUT2D eigenvalue weighted by atomic mass is 9.89. The Kier molecular flexibility index (Phi) is 13.0. The van der Waals surface area contributed by atoms with Crippen LogP contribution in [0.5, 0.6) is 5.75 Å². The minimum atomic E-state index is -4.86. The van der Waals surface area contributed by atoms with E-state index in [-0.39, 0.29) is 30.1 Å². The maximum Gasteiger partial charge on any atom is 0.417 e. The molecule has 1 aromatic heterocycles. The van der Waals surface area contributed by atoms with Gasteiger partial charge in [0.05, 0.1) is 31.2 Å². The second-order valence-corrected chi connectivity index (χ2v) is 13.3. The van der Waals surface area contributed by atoms with Crippen molar-refractivity contribution >= 4 is 27.8 Å². The summed E-state index contributed by atoms with van der Waals surface area (Å²) >= 11 is 2.83. The number of rotatable bonds is 16. The zero-order chi connectivity index (χ0) is 37.6. The van der Waals surface area contributed by atoms with Crippen LogP contribution in [0.4, 0.5) is 22.0 Å². The summed E-state index contributed by atoms with van der Waals surface area (Å²) in [6, 6.07) is 2.25. The number of unbranched alkanes of at least 4 members (excludes halogenated alkanes) is 1. The highest BCUT2D eigenvalue weighted by Gasteiger charge is 2.38. The maximum atomic E-state index is 17.1. The number of esters is 1. The minimum absolute atomic E-state index is 0.0122. The number of nitrogens with one attached hydrogen (secondary N) is 1. The minimum Gasteiger partial charge on any atom is -0.493 e. The van der Waals surface area contributed by atoms with Crippen LogP contribution >= 0.6 is 15.9 Å². The first-order valence-corrected chi connectivity index (χ1v) is 17.3. The fourth-order valence-electron chi connectivity index (χ4n) is 6.02. The Labute approximate surface area is 301 Å². The molecule has 0 unspecified atom stereocenters. The number of aromatic nitrogens is 1. The number of hydrogen-bond donors (Lipinski definition) is 1. The van der Waals surface area contributed by atoms with Crippen LogP contribution in [0, 0.1) is 25.5 Å². The summed E-state index contributed by atoms with van der Waals surface area (Å²) < 4.78 is 85.6. The highest BCUT2D eigenvalue weighted by atomic mass is 79.9. The summed E-state index contributed by atoms with van der Waals surface area (Å²) in [5, 5.41) is 2.53. The molecule has 4 rings (SSSR count). The molecule has 0 spiro atoms. The summed E-state index contributed by atoms with van der Waals surface area (Å²) in [7, 11) is 0. The quantitative estimate of drug-likeness (QED) is 0.0678. The lowest BCUT2D eigenvalue weighted by Crippen LogP contribution is -2.40. The number of benzene rings is 2. The SMILES string of the molecule is C=CCCCOc1cc(C)cc(C)c1-c1cc(C2CC2)c(F)c([C@H](CC(=O)OCC)NC(=O)[C@H](CC=C)n2cc(Br)c(C(F)(F)F)cc2=O)c1F. The molecule has 3 aromatic rings. The van der Waals surface area contributed by atoms with Gasteiger partial charge in [-0.05, 0) is 104 Å². The molecule has 0 radical (unpaired) electrons. The smallest absolute Gasteiger partial charge is 0.417 e. The molecule has 1 aliphatic carbocycles. The van der Waals surface area contributed by atoms with E-state index in [9.17, 15) is 27.6 Å². The van der Waals surface area contributed by atoms with E-state index >= 15 is 8.78 Å². The maximum absolute atomic E-state index is 17.1. The van der Waals surface area contributed by atoms with Crippen molar-refractivity contribution in [2.75, 3.05) is 13.2 Å². The Morgan fingerprint density at radius 3 is 2.41 bits per heavy atom. The molecule has 7 nitrogen and oxygen atoms in total. The molecule has 0 bridgehead atoms. The molecule has 2 atom stereocenters. The van der Waals surface area contributed by atoms with E-state index in [2.05, 4.69) is 34.4 Å². The predicted molar refractivity (Wildman–Crippen MR) is 188 cm³/mol. The molecular weight excluding hydrogens is 739 g/mol. The molecule has 0 saturated heterocycles. The highest BCUT2D eigenvalue weighted by molar-refractivity contribution is 9.10. The van der Waals surface area contributed by atoms with Crippen LogP contribution in [0.15, 0.2) is 65.0 Å². The third-order valence-corrected chi connectivity index (χ3v) is 9.14. The number of allylic oxidation sites excluding steroid dienone is 2. The summed E-state index contributed by atoms with van der Waals surface area (Å²) in [6.07, 6.45) is 0.677. The molecule has 1 heterocycles. The van der Waals surface area contributed by atoms with Gasteiger partial charge in [-0.2, -0.15) is 13.2 Å². The van der Waals surface area contributed by atoms with Crippen LogP contribution in [-0.2, 0) is 20.5 Å². The van der Waals surface area contributed by atoms with Crippen molar-refractivity contribution in [1.82, 2.24) is 9.88 Å². The average molecular weight is 780 g/mol. The number of nitrogens with zero attached hydrogens (tertiary/aromatic N) is 1. The van der Waals surface area contributed by atoms with Gasteiger partial charge in [-0.25, -0.2) is 8.78 Å². The van der Waals surface area contributed by atoms with Gasteiger partial charge in [-0.15, -0.1) is 13.2 Å². The molecule has 1 fully saturated rings. The lowest BCUT2D eigenvalue weighted by molar-refractivity contribution is -0.144. The number of halogens is 6. The van der Waals surface area contributed by atoms with Crippen molar-refractivity contribution in [1.29, 1.82) is 0 Å². The van der Waals surface area contributed by atoms with Crippen molar-refractivity contribution in [3.63, 3.8) is 0 Å². The summed E-state index contributed by atoms with van der Waals surface area (Å²) in [6.45, 7) is 12.7. The second kappa shape index (κ2) is 16.8. The Morgan fingerprint density at radius 2 is 1.80 bits per heavy atom. The van der Waals surface area contributed by atoms with E-state index in [4.69, 9.17) is 9.47 Å². The first-order valence-electron chi connectivity index (χ1n) is 16.6. The average Bonchev–Trinajstić information content (AvgIpc) is 3.88. The first kappa shape index (κ1) is 39.5. The molecular formula is C38H40BrF5N2O5. The fourth-order valence-corrected chi connectivity index (χ4v) is 6.58. The third-order valence-electron chi connectivity index (χ3n) is 8.51. The van der Waals surface area contributed by atoms with E-state index in [1.54, 1.807) is 26.0 Å². The monoisotopic (exact) mass is 778 g/mol. The number of ether oxygens (including phenoxy) is 2. The van der Waals surface area contributed by atoms with Crippen LogP contribution in [-0.4, -0.2) is 29.7 Å². The molecule has 1 N–H and O–H groups in total. The molecule has 274 valence electrons. The lowest BCUT2D eigenvalue weighted by Gasteiger charge is -2.26. The van der Waals surface area contributed by atoms with Crippen molar-refractivity contribution in [2.24, 2.45) is 0 Å². The molecule has 51 heavy (non-hydrogen) atoms. The molecule has 1 aliphatic rings. The number of amides is 1. The van der Waals surface area contributed by atoms with Crippen LogP contribution in [0.25, 0.3) is 11.1 Å². The van der Waals surface area contributed by atoms with Gasteiger partial charge < -0.3 is 19.4 Å². The number of carbonyl (C=O) groups excluding carboxylic acids is 2. The third kappa shape index (κ3) is 9.35. The van der Waals surface area contributed by atoms with Gasteiger partial charge in [0.2, 0.25) is 5.91 Å². The van der Waals surface area contributed by atoms with Crippen molar-refractivity contribution in [2.45, 2.75) is 83.5 Å². The predicted octanol–water partition coefficient (Wildman–Crippen LogP) is 9.34. The largest absolute Gasteiger partial charge is 0.493 e. The van der Waals surface area contributed by atoms with Crippen molar-refractivity contribution in [3.05, 3.63) is 110 Å². The number of aryl methyl sites for hydroxylation is 2. The Morgan fingerprint density at radius 1 is 1.10 bits per heavy atom. The molecule has 2 aromatic carbocycles. The van der Waals surface area contributed by atoms with Crippen molar-refractivity contribution < 1.29 is 41.0 Å².